The van der Waals surface area contributed by atoms with Crippen molar-refractivity contribution in [2.24, 2.45) is 5.73 Å². The summed E-state index contributed by atoms with van der Waals surface area (Å²) < 4.78 is 4.61. The number of rotatable bonds is 3. The van der Waals surface area contributed by atoms with Gasteiger partial charge in [-0.3, -0.25) is 5.41 Å². The van der Waals surface area contributed by atoms with E-state index in [9.17, 15) is 4.79 Å². The van der Waals surface area contributed by atoms with Crippen LogP contribution in [0.4, 0.5) is 0 Å². The summed E-state index contributed by atoms with van der Waals surface area (Å²) in [5, 5.41) is 7.15. The molecule has 0 unspecified atom stereocenters. The SMILES string of the molecule is COC(=O)c1ccccc1CC(=N)N. The number of amidine groups is 1. The van der Waals surface area contributed by atoms with Crippen LogP contribution in [0.2, 0.25) is 0 Å². The van der Waals surface area contributed by atoms with E-state index in [4.69, 9.17) is 11.1 Å². The highest BCUT2D eigenvalue weighted by Crippen LogP contribution is 2.10. The summed E-state index contributed by atoms with van der Waals surface area (Å²) in [5.41, 5.74) is 6.44. The molecule has 3 N–H and O–H groups in total. The van der Waals surface area contributed by atoms with Crippen LogP contribution < -0.4 is 5.73 Å². The van der Waals surface area contributed by atoms with Crippen molar-refractivity contribution in [3.63, 3.8) is 0 Å². The first-order chi connectivity index (χ1) is 6.65. The Morgan fingerprint density at radius 2 is 2.14 bits per heavy atom. The molecule has 1 rings (SSSR count). The Balaban J connectivity index is 3.02. The van der Waals surface area contributed by atoms with Crippen LogP contribution in [0.1, 0.15) is 15.9 Å². The maximum Gasteiger partial charge on any atom is 0.338 e. The Labute approximate surface area is 82.2 Å². The van der Waals surface area contributed by atoms with E-state index in [2.05, 4.69) is 4.74 Å². The van der Waals surface area contributed by atoms with Crippen molar-refractivity contribution in [2.45, 2.75) is 6.42 Å². The summed E-state index contributed by atoms with van der Waals surface area (Å²) >= 11 is 0. The molecule has 4 heteroatoms. The van der Waals surface area contributed by atoms with Gasteiger partial charge >= 0.3 is 5.97 Å². The largest absolute Gasteiger partial charge is 0.465 e. The Morgan fingerprint density at radius 1 is 1.50 bits per heavy atom. The second kappa shape index (κ2) is 4.41. The maximum absolute atomic E-state index is 11.3. The second-order valence-electron chi connectivity index (χ2n) is 2.85. The number of carbonyl (C=O) groups excluding carboxylic acids is 1. The van der Waals surface area contributed by atoms with Gasteiger partial charge in [0, 0.05) is 6.42 Å². The molecule has 0 aliphatic heterocycles. The molecule has 14 heavy (non-hydrogen) atoms. The lowest BCUT2D eigenvalue weighted by Gasteiger charge is -2.05. The number of esters is 1. The molecule has 0 heterocycles. The third-order valence-corrected chi connectivity index (χ3v) is 1.80. The highest BCUT2D eigenvalue weighted by Gasteiger charge is 2.10. The molecule has 0 bridgehead atoms. The minimum atomic E-state index is -0.401. The zero-order valence-corrected chi connectivity index (χ0v) is 7.91. The van der Waals surface area contributed by atoms with Gasteiger partial charge in [-0.1, -0.05) is 18.2 Å². The summed E-state index contributed by atoms with van der Waals surface area (Å²) in [6.45, 7) is 0. The molecule has 0 saturated heterocycles. The van der Waals surface area contributed by atoms with Crippen LogP contribution in [0.5, 0.6) is 0 Å². The lowest BCUT2D eigenvalue weighted by atomic mass is 10.0. The Hall–Kier alpha value is -1.84. The lowest BCUT2D eigenvalue weighted by molar-refractivity contribution is 0.0600. The van der Waals surface area contributed by atoms with Crippen molar-refractivity contribution in [3.05, 3.63) is 35.4 Å². The number of nitrogens with two attached hydrogens (primary N) is 1. The lowest BCUT2D eigenvalue weighted by Crippen LogP contribution is -2.15. The summed E-state index contributed by atoms with van der Waals surface area (Å²) in [4.78, 5) is 11.3. The van der Waals surface area contributed by atoms with Crippen molar-refractivity contribution in [1.29, 1.82) is 5.41 Å². The van der Waals surface area contributed by atoms with Crippen LogP contribution in [0, 0.1) is 5.41 Å². The molecular formula is C10H12N2O2. The Kier molecular flexibility index (Phi) is 3.23. The van der Waals surface area contributed by atoms with Crippen LogP contribution in [0.25, 0.3) is 0 Å². The van der Waals surface area contributed by atoms with Gasteiger partial charge in [0.25, 0.3) is 0 Å². The predicted octanol–water partition coefficient (Wildman–Crippen LogP) is 0.952. The molecule has 0 aliphatic carbocycles. The standard InChI is InChI=1S/C10H12N2O2/c1-14-10(13)8-5-3-2-4-7(8)6-9(11)12/h2-5H,6H2,1H3,(H3,11,12). The van der Waals surface area contributed by atoms with Gasteiger partial charge in [-0.25, -0.2) is 4.79 Å². The van der Waals surface area contributed by atoms with Crippen molar-refractivity contribution < 1.29 is 9.53 Å². The highest BCUT2D eigenvalue weighted by atomic mass is 16.5. The van der Waals surface area contributed by atoms with Crippen LogP contribution in [0.3, 0.4) is 0 Å². The summed E-state index contributed by atoms with van der Waals surface area (Å²) in [6, 6.07) is 6.96. The fraction of sp³-hybridized carbons (Fsp3) is 0.200. The second-order valence-corrected chi connectivity index (χ2v) is 2.85. The summed E-state index contributed by atoms with van der Waals surface area (Å²) in [5.74, 6) is -0.372. The highest BCUT2D eigenvalue weighted by molar-refractivity contribution is 5.93. The first-order valence-corrected chi connectivity index (χ1v) is 4.14. The van der Waals surface area contributed by atoms with E-state index < -0.39 is 5.97 Å². The van der Waals surface area contributed by atoms with Gasteiger partial charge in [-0.15, -0.1) is 0 Å². The molecule has 0 atom stereocenters. The van der Waals surface area contributed by atoms with Gasteiger partial charge < -0.3 is 10.5 Å². The van der Waals surface area contributed by atoms with Gasteiger partial charge in [0.1, 0.15) is 0 Å². The van der Waals surface area contributed by atoms with E-state index in [1.165, 1.54) is 7.11 Å². The fourth-order valence-electron chi connectivity index (χ4n) is 1.19. The Morgan fingerprint density at radius 3 is 2.71 bits per heavy atom. The monoisotopic (exact) mass is 192 g/mol. The zero-order chi connectivity index (χ0) is 10.6. The van der Waals surface area contributed by atoms with E-state index in [-0.39, 0.29) is 12.3 Å². The molecular weight excluding hydrogens is 180 g/mol. The number of methoxy groups -OCH3 is 1. The van der Waals surface area contributed by atoms with E-state index in [1.807, 2.05) is 0 Å². The molecule has 0 saturated carbocycles. The van der Waals surface area contributed by atoms with Crippen molar-refractivity contribution in [2.75, 3.05) is 7.11 Å². The zero-order valence-electron chi connectivity index (χ0n) is 7.91. The number of benzene rings is 1. The van der Waals surface area contributed by atoms with Crippen LogP contribution >= 0.6 is 0 Å². The summed E-state index contributed by atoms with van der Waals surface area (Å²) in [6.07, 6.45) is 0.269. The normalized spacial score (nSPS) is 9.50. The Bertz CT molecular complexity index is 361. The number of carbonyl (C=O) groups is 1. The van der Waals surface area contributed by atoms with Gasteiger partial charge in [0.05, 0.1) is 18.5 Å². The molecule has 1 aromatic carbocycles. The predicted molar refractivity (Wildman–Crippen MR) is 53.4 cm³/mol. The average Bonchev–Trinajstić information content (AvgIpc) is 2.16. The number of hydrogen-bond donors (Lipinski definition) is 2. The first kappa shape index (κ1) is 10.2. The molecule has 0 radical (unpaired) electrons. The molecule has 74 valence electrons. The van der Waals surface area contributed by atoms with Crippen LogP contribution in [-0.2, 0) is 11.2 Å². The third-order valence-electron chi connectivity index (χ3n) is 1.80. The number of nitrogens with one attached hydrogen (secondary N) is 1. The van der Waals surface area contributed by atoms with Crippen molar-refractivity contribution in [3.8, 4) is 0 Å². The molecule has 1 aromatic rings. The molecule has 0 spiro atoms. The number of ether oxygens (including phenoxy) is 1. The van der Waals surface area contributed by atoms with Crippen molar-refractivity contribution >= 4 is 11.8 Å². The number of hydrogen-bond acceptors (Lipinski definition) is 3. The van der Waals surface area contributed by atoms with Crippen LogP contribution in [-0.4, -0.2) is 18.9 Å². The maximum atomic E-state index is 11.3. The minimum Gasteiger partial charge on any atom is -0.465 e. The molecule has 0 aromatic heterocycles. The van der Waals surface area contributed by atoms with Gasteiger partial charge in [-0.2, -0.15) is 0 Å². The summed E-state index contributed by atoms with van der Waals surface area (Å²) in [7, 11) is 1.33. The third kappa shape index (κ3) is 2.32. The smallest absolute Gasteiger partial charge is 0.338 e. The average molecular weight is 192 g/mol. The quantitative estimate of drug-likeness (QED) is 0.425. The van der Waals surface area contributed by atoms with E-state index in [0.29, 0.717) is 11.1 Å². The molecule has 0 amide bonds. The molecule has 0 fully saturated rings. The molecule has 0 aliphatic rings. The minimum absolute atomic E-state index is 0.0290. The van der Waals surface area contributed by atoms with Gasteiger partial charge in [0.15, 0.2) is 0 Å². The van der Waals surface area contributed by atoms with Gasteiger partial charge in [0.2, 0.25) is 0 Å². The van der Waals surface area contributed by atoms with Crippen LogP contribution in [0.15, 0.2) is 24.3 Å². The molecule has 4 nitrogen and oxygen atoms in total. The van der Waals surface area contributed by atoms with E-state index >= 15 is 0 Å². The van der Waals surface area contributed by atoms with Gasteiger partial charge in [-0.05, 0) is 11.6 Å². The first-order valence-electron chi connectivity index (χ1n) is 4.14. The van der Waals surface area contributed by atoms with E-state index in [1.54, 1.807) is 24.3 Å². The van der Waals surface area contributed by atoms with Crippen molar-refractivity contribution in [1.82, 2.24) is 0 Å². The fourth-order valence-corrected chi connectivity index (χ4v) is 1.19. The topological polar surface area (TPSA) is 76.2 Å². The van der Waals surface area contributed by atoms with E-state index in [0.717, 1.165) is 0 Å².